The van der Waals surface area contributed by atoms with E-state index in [9.17, 15) is 0 Å². The van der Waals surface area contributed by atoms with E-state index in [1.165, 1.54) is 0 Å². The van der Waals surface area contributed by atoms with E-state index in [1.807, 2.05) is 50.1 Å². The van der Waals surface area contributed by atoms with Crippen LogP contribution in [0.5, 0.6) is 0 Å². The topological polar surface area (TPSA) is 29.0 Å². The molecule has 0 unspecified atom stereocenters. The van der Waals surface area contributed by atoms with Gasteiger partial charge in [0, 0.05) is 30.2 Å². The Kier molecular flexibility index (Phi) is 5.89. The first-order valence-corrected chi connectivity index (χ1v) is 6.40. The molecule has 0 radical (unpaired) electrons. The van der Waals surface area contributed by atoms with Gasteiger partial charge in [-0.05, 0) is 24.3 Å². The van der Waals surface area contributed by atoms with Crippen molar-refractivity contribution >= 4 is 34.7 Å². The third-order valence-corrected chi connectivity index (χ3v) is 2.69. The fraction of sp³-hybridized carbons (Fsp3) is 0.231. The number of nitrogens with zero attached hydrogens (tertiary/aromatic N) is 3. The largest absolute Gasteiger partial charge is 0.327 e. The average Bonchev–Trinajstić information content (AvgIpc) is 2.42. The molecule has 0 atom stereocenters. The summed E-state index contributed by atoms with van der Waals surface area (Å²) >= 11 is 11.8. The number of hydrogen-bond acceptors (Lipinski definition) is 3. The Labute approximate surface area is 117 Å². The van der Waals surface area contributed by atoms with Crippen LogP contribution in [0.15, 0.2) is 36.7 Å². The molecule has 0 spiro atoms. The minimum absolute atomic E-state index is 0.375. The van der Waals surface area contributed by atoms with Gasteiger partial charge in [-0.1, -0.05) is 37.0 Å². The second-order valence-corrected chi connectivity index (χ2v) is 4.00. The van der Waals surface area contributed by atoms with Crippen LogP contribution in [0, 0.1) is 0 Å². The number of aromatic nitrogens is 2. The van der Waals surface area contributed by atoms with Crippen molar-refractivity contribution in [1.29, 1.82) is 0 Å². The van der Waals surface area contributed by atoms with Crippen molar-refractivity contribution in [1.82, 2.24) is 9.97 Å². The Balaban J connectivity index is 0.000000771. The third-order valence-electron chi connectivity index (χ3n) is 2.17. The summed E-state index contributed by atoms with van der Waals surface area (Å²) in [5.74, 6) is 0.617. The van der Waals surface area contributed by atoms with Crippen molar-refractivity contribution in [2.24, 2.45) is 0 Å². The molecule has 3 nitrogen and oxygen atoms in total. The predicted molar refractivity (Wildman–Crippen MR) is 77.9 cm³/mol. The van der Waals surface area contributed by atoms with Crippen molar-refractivity contribution in [3.05, 3.63) is 46.8 Å². The quantitative estimate of drug-likeness (QED) is 0.808. The molecule has 2 aromatic rings. The summed E-state index contributed by atoms with van der Waals surface area (Å²) in [5, 5.41) is 1.07. The Hall–Kier alpha value is -1.32. The SMILES string of the molecule is CC.CN(c1ccc(Cl)cc1)c1nccnc1Cl. The fourth-order valence-corrected chi connectivity index (χ4v) is 1.68. The molecule has 1 aromatic carbocycles. The smallest absolute Gasteiger partial charge is 0.172 e. The summed E-state index contributed by atoms with van der Waals surface area (Å²) < 4.78 is 0. The first kappa shape index (κ1) is 14.7. The van der Waals surface area contributed by atoms with E-state index in [2.05, 4.69) is 9.97 Å². The van der Waals surface area contributed by atoms with E-state index in [1.54, 1.807) is 12.4 Å². The summed E-state index contributed by atoms with van der Waals surface area (Å²) in [6.07, 6.45) is 3.16. The first-order chi connectivity index (χ1) is 8.68. The predicted octanol–water partition coefficient (Wildman–Crippen LogP) is 4.58. The summed E-state index contributed by atoms with van der Waals surface area (Å²) in [4.78, 5) is 10.0. The zero-order valence-corrected chi connectivity index (χ0v) is 12.1. The van der Waals surface area contributed by atoms with Crippen molar-refractivity contribution in [2.75, 3.05) is 11.9 Å². The van der Waals surface area contributed by atoms with Crippen LogP contribution in [0.3, 0.4) is 0 Å². The second kappa shape index (κ2) is 7.19. The molecule has 0 bridgehead atoms. The van der Waals surface area contributed by atoms with Gasteiger partial charge in [0.25, 0.3) is 0 Å². The zero-order chi connectivity index (χ0) is 13.5. The van der Waals surface area contributed by atoms with Gasteiger partial charge in [-0.15, -0.1) is 0 Å². The molecule has 0 saturated heterocycles. The first-order valence-electron chi connectivity index (χ1n) is 5.64. The van der Waals surface area contributed by atoms with Gasteiger partial charge in [0.15, 0.2) is 11.0 Å². The van der Waals surface area contributed by atoms with Gasteiger partial charge in [-0.25, -0.2) is 9.97 Å². The zero-order valence-electron chi connectivity index (χ0n) is 10.6. The van der Waals surface area contributed by atoms with E-state index < -0.39 is 0 Å². The highest BCUT2D eigenvalue weighted by atomic mass is 35.5. The minimum Gasteiger partial charge on any atom is -0.327 e. The van der Waals surface area contributed by atoms with Crippen LogP contribution in [0.2, 0.25) is 10.2 Å². The molecule has 0 N–H and O–H groups in total. The number of anilines is 2. The highest BCUT2D eigenvalue weighted by molar-refractivity contribution is 6.32. The maximum atomic E-state index is 5.96. The lowest BCUT2D eigenvalue weighted by molar-refractivity contribution is 1.09. The molecular weight excluding hydrogens is 269 g/mol. The van der Waals surface area contributed by atoms with Crippen LogP contribution in [0.1, 0.15) is 13.8 Å². The normalized spacial score (nSPS) is 9.39. The van der Waals surface area contributed by atoms with Crippen LogP contribution < -0.4 is 4.90 Å². The molecule has 1 aromatic heterocycles. The molecule has 18 heavy (non-hydrogen) atoms. The molecule has 5 heteroatoms. The number of hydrogen-bond donors (Lipinski definition) is 0. The third kappa shape index (κ3) is 3.59. The van der Waals surface area contributed by atoms with Crippen molar-refractivity contribution in [3.8, 4) is 0 Å². The van der Waals surface area contributed by atoms with E-state index >= 15 is 0 Å². The maximum Gasteiger partial charge on any atom is 0.172 e. The number of rotatable bonds is 2. The summed E-state index contributed by atoms with van der Waals surface area (Å²) in [6.45, 7) is 4.00. The van der Waals surface area contributed by atoms with Gasteiger partial charge in [0.1, 0.15) is 0 Å². The van der Waals surface area contributed by atoms with Gasteiger partial charge < -0.3 is 4.90 Å². The van der Waals surface area contributed by atoms with E-state index in [-0.39, 0.29) is 0 Å². The van der Waals surface area contributed by atoms with E-state index in [0.717, 1.165) is 5.69 Å². The lowest BCUT2D eigenvalue weighted by Crippen LogP contribution is -2.11. The molecule has 0 saturated carbocycles. The van der Waals surface area contributed by atoms with Crippen LogP contribution >= 0.6 is 23.2 Å². The molecule has 0 aliphatic carbocycles. The summed E-state index contributed by atoms with van der Waals surface area (Å²) in [5.41, 5.74) is 0.951. The van der Waals surface area contributed by atoms with Crippen LogP contribution in [-0.2, 0) is 0 Å². The summed E-state index contributed by atoms with van der Waals surface area (Å²) in [7, 11) is 1.87. The van der Waals surface area contributed by atoms with E-state index in [0.29, 0.717) is 16.0 Å². The maximum absolute atomic E-state index is 5.96. The van der Waals surface area contributed by atoms with Crippen molar-refractivity contribution in [3.63, 3.8) is 0 Å². The van der Waals surface area contributed by atoms with Crippen LogP contribution in [-0.4, -0.2) is 17.0 Å². The Morgan fingerprint density at radius 2 is 1.50 bits per heavy atom. The minimum atomic E-state index is 0.375. The number of halogens is 2. The second-order valence-electron chi connectivity index (χ2n) is 3.21. The van der Waals surface area contributed by atoms with Crippen LogP contribution in [0.25, 0.3) is 0 Å². The molecule has 0 amide bonds. The standard InChI is InChI=1S/C11H9Cl2N3.C2H6/c1-16(9-4-2-8(12)3-5-9)11-10(13)14-6-7-15-11;1-2/h2-7H,1H3;1-2H3. The molecule has 0 aliphatic heterocycles. The van der Waals surface area contributed by atoms with Gasteiger partial charge in [0.2, 0.25) is 0 Å². The fourth-order valence-electron chi connectivity index (χ4n) is 1.33. The number of benzene rings is 1. The molecule has 2 rings (SSSR count). The highest BCUT2D eigenvalue weighted by Gasteiger charge is 2.09. The lowest BCUT2D eigenvalue weighted by Gasteiger charge is -2.18. The van der Waals surface area contributed by atoms with E-state index in [4.69, 9.17) is 23.2 Å². The van der Waals surface area contributed by atoms with Gasteiger partial charge in [0.05, 0.1) is 0 Å². The molecule has 0 aliphatic rings. The highest BCUT2D eigenvalue weighted by Crippen LogP contribution is 2.27. The average molecular weight is 284 g/mol. The van der Waals surface area contributed by atoms with Crippen molar-refractivity contribution in [2.45, 2.75) is 13.8 Å². The van der Waals surface area contributed by atoms with Gasteiger partial charge in [-0.2, -0.15) is 0 Å². The molecule has 0 fully saturated rings. The molecular formula is C13H15Cl2N3. The summed E-state index contributed by atoms with van der Waals surface area (Å²) in [6, 6.07) is 7.43. The Morgan fingerprint density at radius 1 is 0.944 bits per heavy atom. The van der Waals surface area contributed by atoms with Crippen molar-refractivity contribution < 1.29 is 0 Å². The Bertz CT molecular complexity index is 486. The lowest BCUT2D eigenvalue weighted by atomic mass is 10.3. The molecule has 96 valence electrons. The Morgan fingerprint density at radius 3 is 2.06 bits per heavy atom. The molecule has 1 heterocycles. The van der Waals surface area contributed by atoms with Gasteiger partial charge >= 0.3 is 0 Å². The van der Waals surface area contributed by atoms with Gasteiger partial charge in [-0.3, -0.25) is 0 Å². The monoisotopic (exact) mass is 283 g/mol. The van der Waals surface area contributed by atoms with Crippen LogP contribution in [0.4, 0.5) is 11.5 Å².